The highest BCUT2D eigenvalue weighted by Gasteiger charge is 2.08. The predicted octanol–water partition coefficient (Wildman–Crippen LogP) is 1.82. The number of hydrogen-bond donors (Lipinski definition) is 0. The van der Waals surface area contributed by atoms with E-state index < -0.39 is 0 Å². The molecule has 0 aliphatic carbocycles. The summed E-state index contributed by atoms with van der Waals surface area (Å²) in [6.45, 7) is 0. The zero-order valence-corrected chi connectivity index (χ0v) is 8.59. The molecule has 1 aromatic rings. The van der Waals surface area contributed by atoms with Gasteiger partial charge in [0.15, 0.2) is 5.78 Å². The van der Waals surface area contributed by atoms with Gasteiger partial charge in [0, 0.05) is 6.20 Å². The summed E-state index contributed by atoms with van der Waals surface area (Å²) in [5, 5.41) is 0.280. The number of hydrogen-bond acceptors (Lipinski definition) is 3. The molecule has 0 radical (unpaired) electrons. The van der Waals surface area contributed by atoms with Crippen molar-refractivity contribution in [1.29, 1.82) is 0 Å². The van der Waals surface area contributed by atoms with E-state index in [0.29, 0.717) is 10.2 Å². The first-order valence-corrected chi connectivity index (χ1v) is 4.72. The lowest BCUT2D eigenvalue weighted by Gasteiger charge is -1.96. The van der Waals surface area contributed by atoms with Crippen molar-refractivity contribution in [3.8, 4) is 0 Å². The van der Waals surface area contributed by atoms with Crippen LogP contribution in [0.15, 0.2) is 17.0 Å². The summed E-state index contributed by atoms with van der Waals surface area (Å²) in [6.07, 6.45) is 2.89. The molecule has 0 N–H and O–H groups in total. The molecule has 3 nitrogen and oxygen atoms in total. The fraction of sp³-hybridized carbons (Fsp3) is 0.167. The van der Waals surface area contributed by atoms with Crippen LogP contribution in [0, 0.1) is 0 Å². The molecule has 1 heterocycles. The monoisotopic (exact) mass is 278 g/mol. The van der Waals surface area contributed by atoms with Gasteiger partial charge < -0.3 is 0 Å². The molecular weight excluding hydrogens is 276 g/mol. The molecule has 0 aliphatic rings. The molecule has 1 rings (SSSR count). The molecule has 1 aromatic heterocycles. The number of halogens is 2. The lowest BCUT2D eigenvalue weighted by Crippen LogP contribution is -2.04. The summed E-state index contributed by atoms with van der Waals surface area (Å²) in [5.41, 5.74) is 0.414. The molecule has 0 atom stereocenters. The van der Waals surface area contributed by atoms with Gasteiger partial charge in [-0.25, -0.2) is 9.97 Å². The standard InChI is InChI=1S/C6H4Br2N2O/c7-1-5(11)6-4(8)2-9-3-10-6/h2-3H,1H2. The molecule has 0 saturated carbocycles. The van der Waals surface area contributed by atoms with Gasteiger partial charge in [0.1, 0.15) is 12.0 Å². The van der Waals surface area contributed by atoms with Crippen LogP contribution in [0.5, 0.6) is 0 Å². The minimum absolute atomic E-state index is 0.0562. The average Bonchev–Trinajstić information content (AvgIpc) is 2.04. The van der Waals surface area contributed by atoms with Gasteiger partial charge in [0.2, 0.25) is 0 Å². The summed E-state index contributed by atoms with van der Waals surface area (Å²) in [5.74, 6) is -0.0562. The molecule has 0 amide bonds. The van der Waals surface area contributed by atoms with E-state index in [2.05, 4.69) is 41.8 Å². The Balaban J connectivity index is 3.03. The Kier molecular flexibility index (Phi) is 3.14. The van der Waals surface area contributed by atoms with Crippen LogP contribution in [-0.4, -0.2) is 21.1 Å². The molecule has 0 bridgehead atoms. The second kappa shape index (κ2) is 3.92. The lowest BCUT2D eigenvalue weighted by molar-refractivity contribution is 0.101. The number of aromatic nitrogens is 2. The van der Waals surface area contributed by atoms with E-state index in [0.717, 1.165) is 0 Å². The highest BCUT2D eigenvalue weighted by molar-refractivity contribution is 9.10. The predicted molar refractivity (Wildman–Crippen MR) is 47.9 cm³/mol. The van der Waals surface area contributed by atoms with Gasteiger partial charge in [0.05, 0.1) is 9.80 Å². The first-order valence-electron chi connectivity index (χ1n) is 2.80. The average molecular weight is 280 g/mol. The van der Waals surface area contributed by atoms with Crippen molar-refractivity contribution in [2.24, 2.45) is 0 Å². The number of ketones is 1. The zero-order valence-electron chi connectivity index (χ0n) is 5.42. The third kappa shape index (κ3) is 2.07. The number of carbonyl (C=O) groups excluding carboxylic acids is 1. The van der Waals surface area contributed by atoms with E-state index in [1.54, 1.807) is 6.20 Å². The van der Waals surface area contributed by atoms with Crippen LogP contribution in [0.25, 0.3) is 0 Å². The highest BCUT2D eigenvalue weighted by Crippen LogP contribution is 2.12. The summed E-state index contributed by atoms with van der Waals surface area (Å²) < 4.78 is 0.629. The van der Waals surface area contributed by atoms with E-state index >= 15 is 0 Å². The molecule has 0 aromatic carbocycles. The fourth-order valence-electron chi connectivity index (χ4n) is 0.581. The van der Waals surface area contributed by atoms with Gasteiger partial charge in [-0.1, -0.05) is 15.9 Å². The minimum atomic E-state index is -0.0562. The fourth-order valence-corrected chi connectivity index (χ4v) is 1.29. The third-order valence-corrected chi connectivity index (χ3v) is 2.14. The smallest absolute Gasteiger partial charge is 0.192 e. The second-order valence-corrected chi connectivity index (χ2v) is 3.19. The summed E-state index contributed by atoms with van der Waals surface area (Å²) >= 11 is 6.23. The van der Waals surface area contributed by atoms with Crippen molar-refractivity contribution in [3.05, 3.63) is 22.7 Å². The molecule has 58 valence electrons. The van der Waals surface area contributed by atoms with Crippen molar-refractivity contribution in [2.45, 2.75) is 0 Å². The van der Waals surface area contributed by atoms with Crippen LogP contribution in [0.4, 0.5) is 0 Å². The Morgan fingerprint density at radius 3 is 2.91 bits per heavy atom. The molecule has 0 spiro atoms. The number of rotatable bonds is 2. The molecule has 0 aliphatic heterocycles. The maximum absolute atomic E-state index is 11.1. The van der Waals surface area contributed by atoms with Crippen LogP contribution in [0.3, 0.4) is 0 Å². The Morgan fingerprint density at radius 1 is 1.64 bits per heavy atom. The summed E-state index contributed by atoms with van der Waals surface area (Å²) in [4.78, 5) is 18.6. The number of carbonyl (C=O) groups is 1. The molecular formula is C6H4Br2N2O. The van der Waals surface area contributed by atoms with Crippen molar-refractivity contribution in [1.82, 2.24) is 9.97 Å². The van der Waals surface area contributed by atoms with Gasteiger partial charge >= 0.3 is 0 Å². The lowest BCUT2D eigenvalue weighted by atomic mass is 10.3. The quantitative estimate of drug-likeness (QED) is 0.613. The van der Waals surface area contributed by atoms with E-state index in [1.165, 1.54) is 6.33 Å². The van der Waals surface area contributed by atoms with E-state index in [4.69, 9.17) is 0 Å². The maximum Gasteiger partial charge on any atom is 0.192 e. The van der Waals surface area contributed by atoms with Crippen molar-refractivity contribution in [2.75, 3.05) is 5.33 Å². The Labute approximate surface area is 80.5 Å². The molecule has 5 heteroatoms. The topological polar surface area (TPSA) is 42.9 Å². The van der Waals surface area contributed by atoms with Crippen molar-refractivity contribution in [3.63, 3.8) is 0 Å². The second-order valence-electron chi connectivity index (χ2n) is 1.78. The Morgan fingerprint density at radius 2 is 2.36 bits per heavy atom. The van der Waals surface area contributed by atoms with Gasteiger partial charge in [0.25, 0.3) is 0 Å². The Bertz CT molecular complexity index is 277. The Hall–Kier alpha value is -0.290. The van der Waals surface area contributed by atoms with Gasteiger partial charge in [-0.2, -0.15) is 0 Å². The summed E-state index contributed by atoms with van der Waals surface area (Å²) in [7, 11) is 0. The minimum Gasteiger partial charge on any atom is -0.291 e. The third-order valence-electron chi connectivity index (χ3n) is 1.05. The van der Waals surface area contributed by atoms with Gasteiger partial charge in [-0.15, -0.1) is 0 Å². The molecule has 0 fully saturated rings. The first kappa shape index (κ1) is 8.80. The van der Waals surface area contributed by atoms with Gasteiger partial charge in [-0.05, 0) is 15.9 Å². The van der Waals surface area contributed by atoms with Crippen molar-refractivity contribution >= 4 is 37.6 Å². The normalized spacial score (nSPS) is 9.64. The molecule has 0 saturated heterocycles. The molecule has 11 heavy (non-hydrogen) atoms. The van der Waals surface area contributed by atoms with Crippen LogP contribution in [-0.2, 0) is 0 Å². The van der Waals surface area contributed by atoms with Gasteiger partial charge in [-0.3, -0.25) is 4.79 Å². The van der Waals surface area contributed by atoms with E-state index in [1.807, 2.05) is 0 Å². The van der Waals surface area contributed by atoms with Crippen LogP contribution < -0.4 is 0 Å². The highest BCUT2D eigenvalue weighted by atomic mass is 79.9. The van der Waals surface area contributed by atoms with Crippen LogP contribution in [0.1, 0.15) is 10.5 Å². The number of nitrogens with zero attached hydrogens (tertiary/aromatic N) is 2. The maximum atomic E-state index is 11.1. The zero-order chi connectivity index (χ0) is 8.27. The largest absolute Gasteiger partial charge is 0.291 e. The van der Waals surface area contributed by atoms with E-state index in [9.17, 15) is 4.79 Å². The number of Topliss-reactive ketones (excluding diaryl/α,β-unsaturated/α-hetero) is 1. The molecule has 0 unspecified atom stereocenters. The van der Waals surface area contributed by atoms with Crippen molar-refractivity contribution < 1.29 is 4.79 Å². The summed E-state index contributed by atoms with van der Waals surface area (Å²) in [6, 6.07) is 0. The van der Waals surface area contributed by atoms with Crippen LogP contribution in [0.2, 0.25) is 0 Å². The van der Waals surface area contributed by atoms with Crippen LogP contribution >= 0.6 is 31.9 Å². The SMILES string of the molecule is O=C(CBr)c1ncncc1Br. The van der Waals surface area contributed by atoms with E-state index in [-0.39, 0.29) is 11.1 Å². The first-order chi connectivity index (χ1) is 5.25. The number of alkyl halides is 1.